The van der Waals surface area contributed by atoms with Crippen molar-refractivity contribution < 1.29 is 33.9 Å². The van der Waals surface area contributed by atoms with Gasteiger partial charge in [0.15, 0.2) is 12.3 Å². The zero-order valence-electron chi connectivity index (χ0n) is 17.6. The van der Waals surface area contributed by atoms with Crippen molar-refractivity contribution in [3.63, 3.8) is 0 Å². The van der Waals surface area contributed by atoms with Crippen LogP contribution in [0.2, 0.25) is 0 Å². The highest BCUT2D eigenvalue weighted by Gasteiger charge is 2.54. The number of β-lactam (4-membered cyclic amide) rings is 1. The molecule has 1 fully saturated rings. The molecule has 0 unspecified atom stereocenters. The highest BCUT2D eigenvalue weighted by atomic mass is 32.2. The molecule has 2 aromatic rings. The third-order valence-electron chi connectivity index (χ3n) is 5.09. The van der Waals surface area contributed by atoms with Crippen LogP contribution < -0.4 is 10.1 Å². The number of aliphatic hydroxyl groups excluding tert-OH is 1. The number of nitrogens with one attached hydrogen (secondary N) is 1. The lowest BCUT2D eigenvalue weighted by atomic mass is 10.0. The number of para-hydroxylation sites is 1. The normalized spacial score (nSPS) is 19.1. The molecular weight excluding hydrogens is 466 g/mol. The second-order valence-corrected chi connectivity index (χ2v) is 8.46. The first-order valence-corrected chi connectivity index (χ1v) is 11.1. The molecule has 2 atom stereocenters. The summed E-state index contributed by atoms with van der Waals surface area (Å²) in [6, 6.07) is 13.3. The first-order valence-electron chi connectivity index (χ1n) is 10.1. The minimum Gasteiger partial charge on any atom is -0.509 e. The van der Waals surface area contributed by atoms with Gasteiger partial charge in [0.1, 0.15) is 29.5 Å². The van der Waals surface area contributed by atoms with Gasteiger partial charge in [-0.05, 0) is 29.8 Å². The fourth-order valence-electron chi connectivity index (χ4n) is 3.41. The van der Waals surface area contributed by atoms with Crippen molar-refractivity contribution >= 4 is 35.2 Å². The van der Waals surface area contributed by atoms with Gasteiger partial charge < -0.3 is 19.9 Å². The first kappa shape index (κ1) is 23.1. The molecule has 0 radical (unpaired) electrons. The van der Waals surface area contributed by atoms with Crippen LogP contribution in [0.3, 0.4) is 0 Å². The minimum atomic E-state index is -0.910. The number of carbonyl (C=O) groups excluding carboxylic acids is 3. The third kappa shape index (κ3) is 4.81. The topological polar surface area (TPSA) is 148 Å². The van der Waals surface area contributed by atoms with Crippen LogP contribution in [0.1, 0.15) is 5.56 Å². The van der Waals surface area contributed by atoms with Crippen LogP contribution in [0.4, 0.5) is 5.69 Å². The summed E-state index contributed by atoms with van der Waals surface area (Å²) in [7, 11) is 0. The Hall–Kier alpha value is -4.06. The maximum Gasteiger partial charge on any atom is 0.358 e. The molecule has 0 aliphatic carbocycles. The summed E-state index contributed by atoms with van der Waals surface area (Å²) in [6.45, 7) is -0.485. The average Bonchev–Trinajstić information content (AvgIpc) is 2.85. The molecule has 2 amide bonds. The van der Waals surface area contributed by atoms with E-state index in [9.17, 15) is 29.6 Å². The van der Waals surface area contributed by atoms with E-state index >= 15 is 0 Å². The van der Waals surface area contributed by atoms with Crippen molar-refractivity contribution in [2.24, 2.45) is 0 Å². The number of nitrogens with zero attached hydrogens (tertiary/aromatic N) is 2. The van der Waals surface area contributed by atoms with Gasteiger partial charge in [0.25, 0.3) is 17.5 Å². The van der Waals surface area contributed by atoms with Gasteiger partial charge in [-0.15, -0.1) is 11.8 Å². The molecule has 0 bridgehead atoms. The second kappa shape index (κ2) is 9.83. The van der Waals surface area contributed by atoms with Gasteiger partial charge in [-0.3, -0.25) is 24.6 Å². The lowest BCUT2D eigenvalue weighted by Gasteiger charge is -2.48. The van der Waals surface area contributed by atoms with E-state index in [0.717, 1.165) is 4.90 Å². The molecule has 11 nitrogen and oxygen atoms in total. The molecule has 0 saturated carbocycles. The van der Waals surface area contributed by atoms with E-state index in [2.05, 4.69) is 5.32 Å². The van der Waals surface area contributed by atoms with Crippen LogP contribution in [-0.4, -0.2) is 56.5 Å². The molecule has 12 heteroatoms. The van der Waals surface area contributed by atoms with Crippen molar-refractivity contribution in [3.05, 3.63) is 81.7 Å². The molecule has 2 N–H and O–H groups in total. The number of fused-ring (bicyclic) bond motifs is 1. The number of nitro groups is 1. The lowest BCUT2D eigenvalue weighted by Crippen LogP contribution is -2.70. The molecular formula is C22H19N3O8S. The number of esters is 1. The van der Waals surface area contributed by atoms with Crippen molar-refractivity contribution in [1.29, 1.82) is 0 Å². The second-order valence-electron chi connectivity index (χ2n) is 7.35. The quantitative estimate of drug-likeness (QED) is 0.247. The molecule has 176 valence electrons. The van der Waals surface area contributed by atoms with E-state index in [1.165, 1.54) is 36.0 Å². The summed E-state index contributed by atoms with van der Waals surface area (Å²) in [5.41, 5.74) is 0.122. The third-order valence-corrected chi connectivity index (χ3v) is 6.35. The minimum absolute atomic E-state index is 0.0588. The van der Waals surface area contributed by atoms with Crippen LogP contribution >= 0.6 is 11.8 Å². The van der Waals surface area contributed by atoms with Crippen LogP contribution in [0.5, 0.6) is 5.75 Å². The number of thioether (sulfide) groups is 1. The Balaban J connectivity index is 1.34. The molecule has 34 heavy (non-hydrogen) atoms. The predicted octanol–water partition coefficient (Wildman–Crippen LogP) is 1.89. The van der Waals surface area contributed by atoms with Crippen molar-refractivity contribution in [3.8, 4) is 5.75 Å². The van der Waals surface area contributed by atoms with E-state index in [4.69, 9.17) is 9.47 Å². The molecule has 2 aromatic carbocycles. The summed E-state index contributed by atoms with van der Waals surface area (Å²) in [6.07, 6.45) is 0. The molecule has 4 rings (SSSR count). The van der Waals surface area contributed by atoms with Gasteiger partial charge in [-0.1, -0.05) is 18.2 Å². The summed E-state index contributed by atoms with van der Waals surface area (Å²) in [4.78, 5) is 48.8. The van der Waals surface area contributed by atoms with E-state index in [1.807, 2.05) is 6.07 Å². The maximum absolute atomic E-state index is 12.7. The Morgan fingerprint density at radius 3 is 2.56 bits per heavy atom. The average molecular weight is 485 g/mol. The SMILES string of the molecule is O=C(COc1ccccc1)N[C@@H]1C(=O)N2C(C(=O)OCc3ccc([N+](=O)[O-])cc3)=C(O)CS[C@@H]12. The van der Waals surface area contributed by atoms with Crippen molar-refractivity contribution in [2.75, 3.05) is 12.4 Å². The number of non-ortho nitro benzene ring substituents is 1. The van der Waals surface area contributed by atoms with E-state index in [-0.39, 0.29) is 36.1 Å². The largest absolute Gasteiger partial charge is 0.509 e. The van der Waals surface area contributed by atoms with Crippen molar-refractivity contribution in [1.82, 2.24) is 10.2 Å². The maximum atomic E-state index is 12.7. The first-order chi connectivity index (χ1) is 16.3. The smallest absolute Gasteiger partial charge is 0.358 e. The number of aliphatic hydroxyl groups is 1. The lowest BCUT2D eigenvalue weighted by molar-refractivity contribution is -0.384. The number of rotatable bonds is 8. The van der Waals surface area contributed by atoms with Crippen LogP contribution in [0.15, 0.2) is 66.1 Å². The van der Waals surface area contributed by atoms with Gasteiger partial charge >= 0.3 is 5.97 Å². The Morgan fingerprint density at radius 1 is 1.18 bits per heavy atom. The highest BCUT2D eigenvalue weighted by Crippen LogP contribution is 2.40. The summed E-state index contributed by atoms with van der Waals surface area (Å²) in [5.74, 6) is -1.70. The molecule has 2 heterocycles. The van der Waals surface area contributed by atoms with E-state index < -0.39 is 34.1 Å². The van der Waals surface area contributed by atoms with Gasteiger partial charge in [0.05, 0.1) is 10.7 Å². The van der Waals surface area contributed by atoms with Crippen molar-refractivity contribution in [2.45, 2.75) is 18.0 Å². The standard InChI is InChI=1S/C22H19N3O8S/c26-16-12-34-21-18(23-17(27)11-32-15-4-2-1-3-5-15)20(28)24(21)19(16)22(29)33-10-13-6-8-14(9-7-13)25(30)31/h1-9,18,21,26H,10-12H2,(H,23,27)/t18-,21+/m1/s1. The molecule has 1 saturated heterocycles. The zero-order chi connectivity index (χ0) is 24.2. The van der Waals surface area contributed by atoms with Gasteiger partial charge in [-0.25, -0.2) is 4.79 Å². The van der Waals surface area contributed by atoms with Crippen LogP contribution in [0, 0.1) is 10.1 Å². The molecule has 2 aliphatic rings. The monoisotopic (exact) mass is 485 g/mol. The number of hydrogen-bond donors (Lipinski definition) is 2. The number of benzene rings is 2. The molecule has 2 aliphatic heterocycles. The Morgan fingerprint density at radius 2 is 1.88 bits per heavy atom. The van der Waals surface area contributed by atoms with E-state index in [1.54, 1.807) is 24.3 Å². The Bertz CT molecular complexity index is 1150. The number of amides is 2. The number of ether oxygens (including phenoxy) is 2. The fourth-order valence-corrected chi connectivity index (χ4v) is 4.61. The number of hydrogen-bond acceptors (Lipinski definition) is 9. The predicted molar refractivity (Wildman–Crippen MR) is 120 cm³/mol. The van der Waals surface area contributed by atoms with Gasteiger partial charge in [0.2, 0.25) is 0 Å². The van der Waals surface area contributed by atoms with E-state index in [0.29, 0.717) is 11.3 Å². The van der Waals surface area contributed by atoms with Gasteiger partial charge in [-0.2, -0.15) is 0 Å². The Labute approximate surface area is 197 Å². The molecule has 0 spiro atoms. The zero-order valence-corrected chi connectivity index (χ0v) is 18.4. The fraction of sp³-hybridized carbons (Fsp3) is 0.227. The summed E-state index contributed by atoms with van der Waals surface area (Å²) in [5, 5.41) is 23.0. The molecule has 0 aromatic heterocycles. The number of carbonyl (C=O) groups is 3. The summed E-state index contributed by atoms with van der Waals surface area (Å²) >= 11 is 1.20. The van der Waals surface area contributed by atoms with Gasteiger partial charge in [0, 0.05) is 12.1 Å². The van der Waals surface area contributed by atoms with Crippen LogP contribution in [-0.2, 0) is 25.7 Å². The number of nitro benzene ring substituents is 1. The Kier molecular flexibility index (Phi) is 6.68. The highest BCUT2D eigenvalue weighted by molar-refractivity contribution is 8.00. The van der Waals surface area contributed by atoms with Crippen LogP contribution in [0.25, 0.3) is 0 Å². The summed E-state index contributed by atoms with van der Waals surface area (Å²) < 4.78 is 10.6.